The van der Waals surface area contributed by atoms with E-state index in [1.165, 1.54) is 0 Å². The number of nitrogens with one attached hydrogen (secondary N) is 1. The number of hydrogen-bond donors (Lipinski definition) is 1. The molecule has 0 bridgehead atoms. The van der Waals surface area contributed by atoms with Crippen LogP contribution in [0, 0.1) is 5.92 Å². The maximum absolute atomic E-state index is 13.4. The molecule has 2 saturated heterocycles. The molecule has 2 amide bonds. The van der Waals surface area contributed by atoms with Crippen LogP contribution in [0.3, 0.4) is 0 Å². The fourth-order valence-electron chi connectivity index (χ4n) is 4.86. The fraction of sp³-hybridized carbons (Fsp3) is 0.667. The Morgan fingerprint density at radius 2 is 1.87 bits per heavy atom. The molecule has 0 unspecified atom stereocenters. The Labute approximate surface area is 186 Å². The Kier molecular flexibility index (Phi) is 7.46. The van der Waals surface area contributed by atoms with Gasteiger partial charge in [0.25, 0.3) is 0 Å². The van der Waals surface area contributed by atoms with Gasteiger partial charge in [0.15, 0.2) is 11.5 Å². The number of carbonyl (C=O) groups is 2. The van der Waals surface area contributed by atoms with E-state index >= 15 is 0 Å². The number of carbonyl (C=O) groups excluding carboxylic acids is 2. The van der Waals surface area contributed by atoms with Gasteiger partial charge < -0.3 is 19.3 Å². The normalized spacial score (nSPS) is 20.6. The van der Waals surface area contributed by atoms with Gasteiger partial charge in [-0.25, -0.2) is 0 Å². The van der Waals surface area contributed by atoms with Gasteiger partial charge in [0.1, 0.15) is 0 Å². The minimum absolute atomic E-state index is 0.154. The molecule has 2 fully saturated rings. The lowest BCUT2D eigenvalue weighted by Gasteiger charge is -2.44. The van der Waals surface area contributed by atoms with Gasteiger partial charge >= 0.3 is 0 Å². The van der Waals surface area contributed by atoms with Crippen molar-refractivity contribution < 1.29 is 19.1 Å². The van der Waals surface area contributed by atoms with Gasteiger partial charge in [0.2, 0.25) is 11.8 Å². The van der Waals surface area contributed by atoms with Crippen LogP contribution in [0.2, 0.25) is 0 Å². The minimum atomic E-state index is -0.363. The number of rotatable bonds is 8. The Bertz CT molecular complexity index is 787. The quantitative estimate of drug-likeness (QED) is 0.685. The van der Waals surface area contributed by atoms with E-state index in [1.807, 2.05) is 34.9 Å². The zero-order valence-corrected chi connectivity index (χ0v) is 19.6. The standard InChI is InChI=1S/C24H37N3O4/c1-6-22(28)26-13-10-24(11-14-26)25-19(15-17(2)3)23(29)27(24)12-9-18-7-8-20(30-4)21(16-18)31-5/h7-8,16-17,19,25H,6,9-15H2,1-5H3/t19-/m0/s1. The molecule has 1 N–H and O–H groups in total. The molecule has 0 aromatic heterocycles. The second-order valence-electron chi connectivity index (χ2n) is 9.02. The molecule has 1 aromatic rings. The van der Waals surface area contributed by atoms with Gasteiger partial charge in [0, 0.05) is 38.9 Å². The van der Waals surface area contributed by atoms with E-state index in [2.05, 4.69) is 19.2 Å². The molecule has 1 atom stereocenters. The van der Waals surface area contributed by atoms with Crippen LogP contribution < -0.4 is 14.8 Å². The highest BCUT2D eigenvalue weighted by atomic mass is 16.5. The van der Waals surface area contributed by atoms with Crippen molar-refractivity contribution in [3.05, 3.63) is 23.8 Å². The van der Waals surface area contributed by atoms with Crippen molar-refractivity contribution in [2.45, 2.75) is 64.6 Å². The summed E-state index contributed by atoms with van der Waals surface area (Å²) < 4.78 is 10.8. The third-order valence-electron chi connectivity index (χ3n) is 6.55. The summed E-state index contributed by atoms with van der Waals surface area (Å²) in [4.78, 5) is 29.5. The first-order chi connectivity index (χ1) is 14.8. The second kappa shape index (κ2) is 9.90. The van der Waals surface area contributed by atoms with Crippen LogP contribution in [-0.2, 0) is 16.0 Å². The predicted molar refractivity (Wildman–Crippen MR) is 120 cm³/mol. The van der Waals surface area contributed by atoms with Gasteiger partial charge in [-0.3, -0.25) is 14.9 Å². The summed E-state index contributed by atoms with van der Waals surface area (Å²) in [5, 5.41) is 3.69. The lowest BCUT2D eigenvalue weighted by atomic mass is 9.95. The van der Waals surface area contributed by atoms with E-state index < -0.39 is 0 Å². The van der Waals surface area contributed by atoms with Crippen LogP contribution in [0.15, 0.2) is 18.2 Å². The van der Waals surface area contributed by atoms with Crippen molar-refractivity contribution in [1.82, 2.24) is 15.1 Å². The first-order valence-corrected chi connectivity index (χ1v) is 11.4. The fourth-order valence-corrected chi connectivity index (χ4v) is 4.86. The zero-order chi connectivity index (χ0) is 22.6. The highest BCUT2D eigenvalue weighted by Gasteiger charge is 2.51. The van der Waals surface area contributed by atoms with Crippen molar-refractivity contribution in [2.24, 2.45) is 5.92 Å². The average molecular weight is 432 g/mol. The topological polar surface area (TPSA) is 71.1 Å². The maximum atomic E-state index is 13.4. The molecule has 31 heavy (non-hydrogen) atoms. The number of piperidine rings is 1. The second-order valence-corrected chi connectivity index (χ2v) is 9.02. The van der Waals surface area contributed by atoms with E-state index in [4.69, 9.17) is 9.47 Å². The summed E-state index contributed by atoms with van der Waals surface area (Å²) in [5.41, 5.74) is 0.740. The van der Waals surface area contributed by atoms with Crippen LogP contribution >= 0.6 is 0 Å². The minimum Gasteiger partial charge on any atom is -0.493 e. The van der Waals surface area contributed by atoms with Crippen molar-refractivity contribution >= 4 is 11.8 Å². The lowest BCUT2D eigenvalue weighted by molar-refractivity contribution is -0.137. The molecule has 0 saturated carbocycles. The molecule has 7 nitrogen and oxygen atoms in total. The van der Waals surface area contributed by atoms with E-state index in [0.29, 0.717) is 43.5 Å². The van der Waals surface area contributed by atoms with Crippen LogP contribution in [0.5, 0.6) is 11.5 Å². The SMILES string of the molecule is CCC(=O)N1CCC2(CC1)N[C@@H](CC(C)C)C(=O)N2CCc1ccc(OC)c(OC)c1. The summed E-state index contributed by atoms with van der Waals surface area (Å²) in [7, 11) is 3.26. The third-order valence-corrected chi connectivity index (χ3v) is 6.55. The molecule has 1 aromatic carbocycles. The summed E-state index contributed by atoms with van der Waals surface area (Å²) in [6, 6.07) is 5.76. The smallest absolute Gasteiger partial charge is 0.241 e. The van der Waals surface area contributed by atoms with Crippen LogP contribution in [-0.4, -0.2) is 67.2 Å². The van der Waals surface area contributed by atoms with E-state index in [0.717, 1.165) is 31.2 Å². The third kappa shape index (κ3) is 4.97. The number of benzene rings is 1. The largest absolute Gasteiger partial charge is 0.493 e. The van der Waals surface area contributed by atoms with Gasteiger partial charge in [-0.1, -0.05) is 26.8 Å². The van der Waals surface area contributed by atoms with E-state index in [9.17, 15) is 9.59 Å². The molecule has 3 rings (SSSR count). The molecule has 2 heterocycles. The number of nitrogens with zero attached hydrogens (tertiary/aromatic N) is 2. The lowest BCUT2D eigenvalue weighted by Crippen LogP contribution is -2.59. The number of amides is 2. The highest BCUT2D eigenvalue weighted by Crippen LogP contribution is 2.35. The predicted octanol–water partition coefficient (Wildman–Crippen LogP) is 2.82. The Morgan fingerprint density at radius 1 is 1.19 bits per heavy atom. The monoisotopic (exact) mass is 431 g/mol. The van der Waals surface area contributed by atoms with Crippen LogP contribution in [0.1, 0.15) is 52.0 Å². The Morgan fingerprint density at radius 3 is 2.45 bits per heavy atom. The summed E-state index contributed by atoms with van der Waals surface area (Å²) in [6.07, 6.45) is 3.63. The number of hydrogen-bond acceptors (Lipinski definition) is 5. The van der Waals surface area contributed by atoms with Gasteiger partial charge in [-0.15, -0.1) is 0 Å². The zero-order valence-electron chi connectivity index (χ0n) is 19.6. The van der Waals surface area contributed by atoms with E-state index in [1.54, 1.807) is 14.2 Å². The number of methoxy groups -OCH3 is 2. The van der Waals surface area contributed by atoms with Crippen molar-refractivity contribution in [1.29, 1.82) is 0 Å². The molecule has 7 heteroatoms. The van der Waals surface area contributed by atoms with Crippen LogP contribution in [0.4, 0.5) is 0 Å². The highest BCUT2D eigenvalue weighted by molar-refractivity contribution is 5.85. The number of likely N-dealkylation sites (tertiary alicyclic amines) is 1. The molecular weight excluding hydrogens is 394 g/mol. The van der Waals surface area contributed by atoms with Gasteiger partial charge in [0.05, 0.1) is 25.9 Å². The molecule has 1 spiro atoms. The average Bonchev–Trinajstić information content (AvgIpc) is 3.01. The van der Waals surface area contributed by atoms with E-state index in [-0.39, 0.29) is 23.5 Å². The molecule has 0 aliphatic carbocycles. The first kappa shape index (κ1) is 23.4. The number of ether oxygens (including phenoxy) is 2. The van der Waals surface area contributed by atoms with Gasteiger partial charge in [-0.2, -0.15) is 0 Å². The Balaban J connectivity index is 1.76. The van der Waals surface area contributed by atoms with Crippen molar-refractivity contribution in [2.75, 3.05) is 33.9 Å². The Hall–Kier alpha value is -2.28. The summed E-state index contributed by atoms with van der Waals surface area (Å²) >= 11 is 0. The summed E-state index contributed by atoms with van der Waals surface area (Å²) in [5.74, 6) is 2.21. The summed E-state index contributed by atoms with van der Waals surface area (Å²) in [6.45, 7) is 8.21. The van der Waals surface area contributed by atoms with Gasteiger partial charge in [-0.05, 0) is 36.5 Å². The van der Waals surface area contributed by atoms with Crippen molar-refractivity contribution in [3.8, 4) is 11.5 Å². The first-order valence-electron chi connectivity index (χ1n) is 11.4. The van der Waals surface area contributed by atoms with Crippen LogP contribution in [0.25, 0.3) is 0 Å². The molecule has 172 valence electrons. The molecular formula is C24H37N3O4. The van der Waals surface area contributed by atoms with Crippen molar-refractivity contribution in [3.63, 3.8) is 0 Å². The molecule has 2 aliphatic heterocycles. The molecule has 2 aliphatic rings. The molecule has 0 radical (unpaired) electrons. The maximum Gasteiger partial charge on any atom is 0.241 e.